The van der Waals surface area contributed by atoms with Crippen LogP contribution >= 0.6 is 0 Å². The molecule has 0 spiro atoms. The highest BCUT2D eigenvalue weighted by Crippen LogP contribution is 2.42. The van der Waals surface area contributed by atoms with E-state index in [2.05, 4.69) is 105 Å². The van der Waals surface area contributed by atoms with Crippen LogP contribution in [0.2, 0.25) is 0 Å². The number of rotatable bonds is 5. The zero-order valence-corrected chi connectivity index (χ0v) is 31.4. The molecule has 10 rings (SSSR count). The molecule has 3 heterocycles. The summed E-state index contributed by atoms with van der Waals surface area (Å²) >= 11 is 0. The van der Waals surface area contributed by atoms with Gasteiger partial charge >= 0.3 is 0 Å². The van der Waals surface area contributed by atoms with Crippen LogP contribution < -0.4 is 0 Å². The fourth-order valence-electron chi connectivity index (χ4n) is 8.24. The first-order valence-electron chi connectivity index (χ1n) is 18.8. The summed E-state index contributed by atoms with van der Waals surface area (Å²) in [5, 5.41) is 34.1. The Morgan fingerprint density at radius 1 is 0.414 bits per heavy atom. The van der Waals surface area contributed by atoms with Gasteiger partial charge in [-0.05, 0) is 96.8 Å². The Morgan fingerprint density at radius 2 is 0.845 bits per heavy atom. The molecule has 0 N–H and O–H groups in total. The average molecular weight is 743 g/mol. The topological polar surface area (TPSA) is 120 Å². The van der Waals surface area contributed by atoms with Gasteiger partial charge < -0.3 is 9.13 Å². The summed E-state index contributed by atoms with van der Waals surface area (Å²) in [5.74, 6) is 1.57. The van der Waals surface area contributed by atoms with Gasteiger partial charge in [0.25, 0.3) is 0 Å². The maximum atomic E-state index is 10.9. The summed E-state index contributed by atoms with van der Waals surface area (Å²) < 4.78 is 4.54. The normalized spacial score (nSPS) is 11.2. The van der Waals surface area contributed by atoms with Crippen molar-refractivity contribution in [2.24, 2.45) is 0 Å². The summed E-state index contributed by atoms with van der Waals surface area (Å²) in [6.45, 7) is 3.67. The maximum Gasteiger partial charge on any atom is 0.164 e. The molecule has 8 heteroatoms. The number of fused-ring (bicyclic) bond motifs is 6. The van der Waals surface area contributed by atoms with Crippen molar-refractivity contribution in [1.29, 1.82) is 15.8 Å². The van der Waals surface area contributed by atoms with Gasteiger partial charge in [0.1, 0.15) is 11.6 Å². The van der Waals surface area contributed by atoms with Crippen LogP contribution in [0, 0.1) is 47.8 Å². The number of nitrogens with zero attached hydrogens (tertiary/aromatic N) is 8. The summed E-state index contributed by atoms with van der Waals surface area (Å²) in [4.78, 5) is 13.9. The Bertz CT molecular complexity index is 3420. The minimum atomic E-state index is 0.428. The molecule has 0 unspecified atom stereocenters. The van der Waals surface area contributed by atoms with E-state index in [1.54, 1.807) is 0 Å². The zero-order valence-electron chi connectivity index (χ0n) is 31.4. The quantitative estimate of drug-likeness (QED) is 0.173. The fourth-order valence-corrected chi connectivity index (χ4v) is 8.24. The minimum absolute atomic E-state index is 0.428. The molecule has 0 aliphatic rings. The molecule has 10 aromatic rings. The molecule has 3 aromatic heterocycles. The van der Waals surface area contributed by atoms with Gasteiger partial charge in [-0.15, -0.1) is 0 Å². The first-order chi connectivity index (χ1) is 28.4. The van der Waals surface area contributed by atoms with E-state index < -0.39 is 0 Å². The lowest BCUT2D eigenvalue weighted by Gasteiger charge is -2.19. The van der Waals surface area contributed by atoms with E-state index in [4.69, 9.17) is 9.97 Å². The van der Waals surface area contributed by atoms with E-state index in [0.717, 1.165) is 77.2 Å². The number of para-hydroxylation sites is 2. The van der Waals surface area contributed by atoms with Gasteiger partial charge in [-0.3, -0.25) is 0 Å². The van der Waals surface area contributed by atoms with E-state index in [-0.39, 0.29) is 0 Å². The Balaban J connectivity index is 1.34. The molecule has 0 aliphatic heterocycles. The molecule has 0 saturated heterocycles. The molecule has 0 bridgehead atoms. The van der Waals surface area contributed by atoms with Crippen molar-refractivity contribution in [3.05, 3.63) is 174 Å². The van der Waals surface area contributed by atoms with Gasteiger partial charge in [-0.25, -0.2) is 15.0 Å². The predicted molar refractivity (Wildman–Crippen MR) is 228 cm³/mol. The summed E-state index contributed by atoms with van der Waals surface area (Å²) in [6.07, 6.45) is 0. The summed E-state index contributed by atoms with van der Waals surface area (Å²) in [6, 6.07) is 55.9. The predicted octanol–water partition coefficient (Wildman–Crippen LogP) is 11.3. The van der Waals surface area contributed by atoms with Crippen LogP contribution in [-0.4, -0.2) is 24.1 Å². The summed E-state index contributed by atoms with van der Waals surface area (Å²) in [5.41, 5.74) is 11.8. The highest BCUT2D eigenvalue weighted by Gasteiger charge is 2.24. The Hall–Kier alpha value is -8.38. The van der Waals surface area contributed by atoms with Gasteiger partial charge in [-0.2, -0.15) is 15.8 Å². The molecule has 0 radical (unpaired) electrons. The van der Waals surface area contributed by atoms with Crippen LogP contribution in [0.5, 0.6) is 0 Å². The average Bonchev–Trinajstić information content (AvgIpc) is 3.77. The van der Waals surface area contributed by atoms with Crippen LogP contribution in [0.15, 0.2) is 146 Å². The number of aryl methyl sites for hydroxylation is 2. The molecule has 7 aromatic carbocycles. The lowest BCUT2D eigenvalue weighted by Crippen LogP contribution is -2.07. The monoisotopic (exact) mass is 742 g/mol. The molecule has 0 saturated carbocycles. The first-order valence-corrected chi connectivity index (χ1v) is 18.8. The van der Waals surface area contributed by atoms with E-state index in [0.29, 0.717) is 39.7 Å². The number of benzene rings is 7. The largest absolute Gasteiger partial charge is 0.307 e. The standard InChI is InChI=1S/C50H30N8/c1-30-54-31(2)56-50(55-30)43-26-49(58-45-10-6-4-8-40(45)42-22-20-37(24-47(42)58)35-17-13-33(28-52)14-18-35)48(25-38(43)29-53)57-44-9-5-3-7-39(44)41-21-19-36(23-46(41)57)34-15-11-32(27-51)12-16-34/h3-26H,1-2H3. The van der Waals surface area contributed by atoms with Gasteiger partial charge in [0, 0.05) is 27.1 Å². The van der Waals surface area contributed by atoms with E-state index >= 15 is 0 Å². The highest BCUT2D eigenvalue weighted by atomic mass is 15.1. The smallest absolute Gasteiger partial charge is 0.164 e. The van der Waals surface area contributed by atoms with Gasteiger partial charge in [-0.1, -0.05) is 84.9 Å². The van der Waals surface area contributed by atoms with Gasteiger partial charge in [0.05, 0.1) is 68.3 Å². The molecule has 0 atom stereocenters. The van der Waals surface area contributed by atoms with Gasteiger partial charge in [0.2, 0.25) is 0 Å². The van der Waals surface area contributed by atoms with Crippen molar-refractivity contribution in [3.8, 4) is 63.2 Å². The summed E-state index contributed by atoms with van der Waals surface area (Å²) in [7, 11) is 0. The molecular formula is C50H30N8. The number of nitriles is 3. The van der Waals surface area contributed by atoms with Crippen molar-refractivity contribution < 1.29 is 0 Å². The Morgan fingerprint density at radius 3 is 1.31 bits per heavy atom. The molecule has 8 nitrogen and oxygen atoms in total. The lowest BCUT2D eigenvalue weighted by molar-refractivity contribution is 0.927. The van der Waals surface area contributed by atoms with E-state index in [1.807, 2.05) is 86.6 Å². The van der Waals surface area contributed by atoms with Crippen LogP contribution in [-0.2, 0) is 0 Å². The SMILES string of the molecule is Cc1nc(C)nc(-c2cc(-n3c4ccccc4c4ccc(-c5ccc(C#N)cc5)cc43)c(-n3c4ccccc4c4ccc(-c5ccc(C#N)cc5)cc43)cc2C#N)n1. The third-order valence-corrected chi connectivity index (χ3v) is 10.9. The maximum absolute atomic E-state index is 10.9. The third kappa shape index (κ3) is 5.46. The molecule has 0 aliphatic carbocycles. The first kappa shape index (κ1) is 34.1. The van der Waals surface area contributed by atoms with Crippen LogP contribution in [0.3, 0.4) is 0 Å². The molecular weight excluding hydrogens is 713 g/mol. The number of aromatic nitrogens is 5. The Kier molecular flexibility index (Phi) is 7.90. The molecule has 0 amide bonds. The Labute approximate surface area is 333 Å². The molecule has 58 heavy (non-hydrogen) atoms. The number of hydrogen-bond donors (Lipinski definition) is 0. The zero-order chi connectivity index (χ0) is 39.5. The van der Waals surface area contributed by atoms with Gasteiger partial charge in [0.15, 0.2) is 5.82 Å². The fraction of sp³-hybridized carbons (Fsp3) is 0.0400. The van der Waals surface area contributed by atoms with Crippen molar-refractivity contribution in [2.75, 3.05) is 0 Å². The molecule has 0 fully saturated rings. The second kappa shape index (κ2) is 13.4. The van der Waals surface area contributed by atoms with Crippen molar-refractivity contribution in [2.45, 2.75) is 13.8 Å². The van der Waals surface area contributed by atoms with E-state index in [9.17, 15) is 15.8 Å². The van der Waals surface area contributed by atoms with Crippen molar-refractivity contribution in [3.63, 3.8) is 0 Å². The number of hydrogen-bond acceptors (Lipinski definition) is 6. The second-order valence-corrected chi connectivity index (χ2v) is 14.3. The second-order valence-electron chi connectivity index (χ2n) is 14.3. The lowest BCUT2D eigenvalue weighted by atomic mass is 10.0. The van der Waals surface area contributed by atoms with E-state index in [1.165, 1.54) is 0 Å². The highest BCUT2D eigenvalue weighted by molar-refractivity contribution is 6.12. The van der Waals surface area contributed by atoms with Crippen LogP contribution in [0.1, 0.15) is 28.3 Å². The van der Waals surface area contributed by atoms with Crippen molar-refractivity contribution >= 4 is 43.6 Å². The minimum Gasteiger partial charge on any atom is -0.307 e. The van der Waals surface area contributed by atoms with Crippen molar-refractivity contribution in [1.82, 2.24) is 24.1 Å². The molecule has 270 valence electrons. The van der Waals surface area contributed by atoms with Crippen LogP contribution in [0.25, 0.3) is 88.6 Å². The third-order valence-electron chi connectivity index (χ3n) is 10.9. The van der Waals surface area contributed by atoms with Crippen LogP contribution in [0.4, 0.5) is 0 Å².